The number of carbonyl (C=O) groups excluding carboxylic acids is 1. The predicted octanol–water partition coefficient (Wildman–Crippen LogP) is 4.49. The Morgan fingerprint density at radius 1 is 1.36 bits per heavy atom. The fourth-order valence-corrected chi connectivity index (χ4v) is 7.42. The number of hydrogen-bond acceptors (Lipinski definition) is 5. The molecule has 1 spiro atoms. The van der Waals surface area contributed by atoms with Gasteiger partial charge < -0.3 is 4.90 Å². The Bertz CT molecular complexity index is 1210. The first-order valence-corrected chi connectivity index (χ1v) is 13.2. The molecular formula is C24H28FN3O3S2. The Morgan fingerprint density at radius 3 is 2.64 bits per heavy atom. The zero-order chi connectivity index (χ0) is 24.0. The number of hydrogen-bond donors (Lipinski definition) is 0. The van der Waals surface area contributed by atoms with Gasteiger partial charge >= 0.3 is 0 Å². The van der Waals surface area contributed by atoms with E-state index in [0.717, 1.165) is 11.1 Å². The molecule has 1 saturated heterocycles. The van der Waals surface area contributed by atoms with Crippen LogP contribution < -0.4 is 0 Å². The summed E-state index contributed by atoms with van der Waals surface area (Å²) in [6.45, 7) is 10.3. The Morgan fingerprint density at radius 2 is 2.03 bits per heavy atom. The van der Waals surface area contributed by atoms with Gasteiger partial charge in [-0.25, -0.2) is 17.8 Å². The predicted molar refractivity (Wildman–Crippen MR) is 128 cm³/mol. The van der Waals surface area contributed by atoms with E-state index in [-0.39, 0.29) is 28.3 Å². The minimum absolute atomic E-state index is 0.00956. The zero-order valence-corrected chi connectivity index (χ0v) is 20.6. The summed E-state index contributed by atoms with van der Waals surface area (Å²) in [5.74, 6) is -0.811. The zero-order valence-electron chi connectivity index (χ0n) is 19.0. The second-order valence-corrected chi connectivity index (χ2v) is 12.0. The van der Waals surface area contributed by atoms with Crippen molar-refractivity contribution in [3.05, 3.63) is 64.4 Å². The van der Waals surface area contributed by atoms with E-state index in [1.165, 1.54) is 33.8 Å². The third-order valence-corrected chi connectivity index (χ3v) is 9.30. The van der Waals surface area contributed by atoms with Crippen molar-refractivity contribution in [1.82, 2.24) is 14.2 Å². The summed E-state index contributed by atoms with van der Waals surface area (Å²) in [6, 6.07) is 5.27. The topological polar surface area (TPSA) is 70.6 Å². The first kappa shape index (κ1) is 23.8. The van der Waals surface area contributed by atoms with E-state index in [0.29, 0.717) is 36.5 Å². The number of carbonyl (C=O) groups is 1. The van der Waals surface area contributed by atoms with Crippen LogP contribution in [-0.2, 0) is 10.0 Å². The smallest absolute Gasteiger partial charge is 0.266 e. The van der Waals surface area contributed by atoms with E-state index in [2.05, 4.69) is 11.6 Å². The highest BCUT2D eigenvalue weighted by Gasteiger charge is 2.58. The Kier molecular flexibility index (Phi) is 6.32. The lowest BCUT2D eigenvalue weighted by molar-refractivity contribution is -0.0704. The van der Waals surface area contributed by atoms with Gasteiger partial charge in [-0.3, -0.25) is 4.79 Å². The minimum atomic E-state index is -3.86. The van der Waals surface area contributed by atoms with Gasteiger partial charge in [-0.1, -0.05) is 24.3 Å². The minimum Gasteiger partial charge on any atom is -0.329 e. The maximum absolute atomic E-state index is 14.1. The number of thiazole rings is 1. The summed E-state index contributed by atoms with van der Waals surface area (Å²) in [7, 11) is -3.86. The molecule has 1 atom stereocenters. The van der Waals surface area contributed by atoms with Crippen LogP contribution in [0.3, 0.4) is 0 Å². The van der Waals surface area contributed by atoms with E-state index in [1.54, 1.807) is 6.08 Å². The van der Waals surface area contributed by atoms with Crippen LogP contribution in [-0.4, -0.2) is 53.7 Å². The van der Waals surface area contributed by atoms with E-state index in [4.69, 9.17) is 0 Å². The lowest BCUT2D eigenvalue weighted by Gasteiger charge is -2.60. The summed E-state index contributed by atoms with van der Waals surface area (Å²) >= 11 is 1.38. The third kappa shape index (κ3) is 4.18. The monoisotopic (exact) mass is 489 g/mol. The third-order valence-electron chi connectivity index (χ3n) is 6.50. The normalized spacial score (nSPS) is 19.3. The molecule has 2 heterocycles. The van der Waals surface area contributed by atoms with Crippen molar-refractivity contribution in [2.24, 2.45) is 5.41 Å². The summed E-state index contributed by atoms with van der Waals surface area (Å²) < 4.78 is 41.0. The highest BCUT2D eigenvalue weighted by Crippen LogP contribution is 2.52. The van der Waals surface area contributed by atoms with Crippen LogP contribution in [0.5, 0.6) is 0 Å². The number of sulfonamides is 1. The number of benzene rings is 1. The van der Waals surface area contributed by atoms with Crippen molar-refractivity contribution in [2.75, 3.05) is 13.1 Å². The molecule has 2 aliphatic rings. The quantitative estimate of drug-likeness (QED) is 0.537. The maximum Gasteiger partial charge on any atom is 0.266 e. The van der Waals surface area contributed by atoms with Gasteiger partial charge in [0.05, 0.1) is 10.7 Å². The number of amides is 1. The fraction of sp³-hybridized carbons (Fsp3) is 0.417. The standard InChI is InChI=1S/C24H28FN3O3S2/c1-5-9-20-22(32-17(4)26-20)23(29)28(16(3)6-2)18-12-24(13-18)14-27(15-24)33(30,31)21-11-8-7-10-19(21)25/h5-11,16,18H,2,12-15H2,1,3-4H3/b9-5+/t16-/m1/s1. The van der Waals surface area contributed by atoms with Gasteiger partial charge in [-0.05, 0) is 51.8 Å². The van der Waals surface area contributed by atoms with Crippen LogP contribution >= 0.6 is 11.3 Å². The average molecular weight is 490 g/mol. The number of nitrogens with zero attached hydrogens (tertiary/aromatic N) is 3. The first-order valence-electron chi connectivity index (χ1n) is 10.9. The lowest BCUT2D eigenvalue weighted by Crippen LogP contribution is -2.68. The van der Waals surface area contributed by atoms with E-state index in [1.807, 2.05) is 37.8 Å². The second-order valence-electron chi connectivity index (χ2n) is 8.90. The number of rotatable bonds is 7. The number of halogens is 1. The molecule has 0 unspecified atom stereocenters. The van der Waals surface area contributed by atoms with E-state index in [9.17, 15) is 17.6 Å². The van der Waals surface area contributed by atoms with E-state index < -0.39 is 15.8 Å². The lowest BCUT2D eigenvalue weighted by atomic mass is 9.61. The van der Waals surface area contributed by atoms with Crippen LogP contribution in [0.1, 0.15) is 47.1 Å². The molecule has 0 radical (unpaired) electrons. The molecule has 2 aromatic rings. The average Bonchev–Trinajstić information content (AvgIpc) is 3.08. The van der Waals surface area contributed by atoms with Crippen molar-refractivity contribution in [3.8, 4) is 0 Å². The molecule has 9 heteroatoms. The molecule has 2 fully saturated rings. The number of aromatic nitrogens is 1. The first-order chi connectivity index (χ1) is 15.6. The van der Waals surface area contributed by atoms with Crippen molar-refractivity contribution in [3.63, 3.8) is 0 Å². The summed E-state index contributed by atoms with van der Waals surface area (Å²) in [5, 5.41) is 0.829. The SMILES string of the molecule is C=C[C@@H](C)N(C(=O)c1sc(C)nc1/C=C/C)C1CC2(C1)CN(S(=O)(=O)c1ccccc1F)C2. The second kappa shape index (κ2) is 8.77. The molecule has 1 aliphatic carbocycles. The summed E-state index contributed by atoms with van der Waals surface area (Å²) in [5.41, 5.74) is 0.504. The van der Waals surface area contributed by atoms with Crippen molar-refractivity contribution in [2.45, 2.75) is 50.6 Å². The Balaban J connectivity index is 1.48. The van der Waals surface area contributed by atoms with Crippen molar-refractivity contribution < 1.29 is 17.6 Å². The molecule has 0 bridgehead atoms. The summed E-state index contributed by atoms with van der Waals surface area (Å²) in [4.78, 5) is 20.2. The molecule has 33 heavy (non-hydrogen) atoms. The van der Waals surface area contributed by atoms with Gasteiger partial charge in [0.2, 0.25) is 10.0 Å². The molecule has 1 amide bonds. The van der Waals surface area contributed by atoms with Gasteiger partial charge in [0.15, 0.2) is 0 Å². The molecule has 1 aromatic heterocycles. The number of allylic oxidation sites excluding steroid dienone is 1. The van der Waals surface area contributed by atoms with Crippen molar-refractivity contribution >= 4 is 33.3 Å². The van der Waals surface area contributed by atoms with E-state index >= 15 is 0 Å². The van der Waals surface area contributed by atoms with Gasteiger partial charge in [0, 0.05) is 30.6 Å². The molecule has 1 saturated carbocycles. The Labute approximate surface area is 198 Å². The molecule has 0 N–H and O–H groups in total. The molecule has 1 aromatic carbocycles. The van der Waals surface area contributed by atoms with Gasteiger partial charge in [-0.2, -0.15) is 4.31 Å². The molecule has 176 valence electrons. The Hall–Kier alpha value is -2.36. The molecular weight excluding hydrogens is 461 g/mol. The molecule has 1 aliphatic heterocycles. The number of aryl methyl sites for hydroxylation is 1. The van der Waals surface area contributed by atoms with Gasteiger partial charge in [0.1, 0.15) is 15.6 Å². The van der Waals surface area contributed by atoms with Crippen LogP contribution in [0.4, 0.5) is 4.39 Å². The largest absolute Gasteiger partial charge is 0.329 e. The highest BCUT2D eigenvalue weighted by atomic mass is 32.2. The van der Waals surface area contributed by atoms with Crippen LogP contribution in [0.25, 0.3) is 6.08 Å². The van der Waals surface area contributed by atoms with Crippen LogP contribution in [0, 0.1) is 18.2 Å². The van der Waals surface area contributed by atoms with Crippen LogP contribution in [0.2, 0.25) is 0 Å². The van der Waals surface area contributed by atoms with Gasteiger partial charge in [0.25, 0.3) is 5.91 Å². The maximum atomic E-state index is 14.1. The fourth-order valence-electron chi connectivity index (χ4n) is 4.84. The highest BCUT2D eigenvalue weighted by molar-refractivity contribution is 7.89. The molecule has 6 nitrogen and oxygen atoms in total. The van der Waals surface area contributed by atoms with Gasteiger partial charge in [-0.15, -0.1) is 17.9 Å². The van der Waals surface area contributed by atoms with Crippen LogP contribution in [0.15, 0.2) is 47.9 Å². The molecule has 4 rings (SSSR count). The van der Waals surface area contributed by atoms with Crippen molar-refractivity contribution in [1.29, 1.82) is 0 Å². The summed E-state index contributed by atoms with van der Waals surface area (Å²) in [6.07, 6.45) is 6.87.